The van der Waals surface area contributed by atoms with Gasteiger partial charge in [0.1, 0.15) is 5.75 Å². The zero-order chi connectivity index (χ0) is 24.9. The molecular formula is C25H23F2N3O5. The number of benzene rings is 2. The largest absolute Gasteiger partial charge is 0.459 e. The molecule has 1 aromatic heterocycles. The van der Waals surface area contributed by atoms with Gasteiger partial charge in [-0.15, -0.1) is 0 Å². The number of alkyl halides is 2. The van der Waals surface area contributed by atoms with Crippen molar-refractivity contribution >= 4 is 23.4 Å². The number of hydrogen-bond acceptors (Lipinski definition) is 5. The predicted molar refractivity (Wildman–Crippen MR) is 122 cm³/mol. The first kappa shape index (κ1) is 23.9. The minimum atomic E-state index is -2.96. The average Bonchev–Trinajstić information content (AvgIpc) is 3.38. The number of amides is 3. The van der Waals surface area contributed by atoms with Gasteiger partial charge >= 0.3 is 18.4 Å². The zero-order valence-corrected chi connectivity index (χ0v) is 18.8. The molecule has 0 radical (unpaired) electrons. The third-order valence-electron chi connectivity index (χ3n) is 5.61. The molecule has 0 spiro atoms. The van der Waals surface area contributed by atoms with Gasteiger partial charge in [0.05, 0.1) is 12.3 Å². The van der Waals surface area contributed by atoms with Gasteiger partial charge in [-0.3, -0.25) is 14.4 Å². The van der Waals surface area contributed by atoms with Gasteiger partial charge in [0.2, 0.25) is 0 Å². The van der Waals surface area contributed by atoms with Crippen LogP contribution in [0.2, 0.25) is 0 Å². The Morgan fingerprint density at radius 2 is 1.94 bits per heavy atom. The summed E-state index contributed by atoms with van der Waals surface area (Å²) in [5, 5.41) is 2.76. The van der Waals surface area contributed by atoms with E-state index >= 15 is 0 Å². The molecule has 1 aliphatic rings. The summed E-state index contributed by atoms with van der Waals surface area (Å²) in [6, 6.07) is 15.8. The van der Waals surface area contributed by atoms with Gasteiger partial charge in [0.15, 0.2) is 5.76 Å². The minimum absolute atomic E-state index is 0.0272. The lowest BCUT2D eigenvalue weighted by Crippen LogP contribution is -2.45. The fraction of sp³-hybridized carbons (Fsp3) is 0.240. The molecule has 0 aliphatic carbocycles. The minimum Gasteiger partial charge on any atom is -0.459 e. The third kappa shape index (κ3) is 5.48. The second-order valence-corrected chi connectivity index (χ2v) is 7.99. The highest BCUT2D eigenvalue weighted by Gasteiger charge is 2.32. The SMILES string of the molecule is CN(Cc1cccc(OC(F)F)c1)C(=O)C(=O)NC1CCN(C(=O)c2ccco2)c2ccccc21. The summed E-state index contributed by atoms with van der Waals surface area (Å²) < 4.78 is 34.5. The Balaban J connectivity index is 1.43. The van der Waals surface area contributed by atoms with Crippen LogP contribution in [0.5, 0.6) is 5.75 Å². The normalized spacial score (nSPS) is 14.9. The number of nitrogens with one attached hydrogen (secondary N) is 1. The number of likely N-dealkylation sites (N-methyl/N-ethyl adjacent to an activating group) is 1. The van der Waals surface area contributed by atoms with Crippen molar-refractivity contribution < 1.29 is 32.3 Å². The highest BCUT2D eigenvalue weighted by atomic mass is 19.3. The second kappa shape index (κ2) is 10.4. The lowest BCUT2D eigenvalue weighted by Gasteiger charge is -2.34. The molecule has 0 saturated heterocycles. The number of furan rings is 1. The van der Waals surface area contributed by atoms with Crippen LogP contribution in [0, 0.1) is 0 Å². The van der Waals surface area contributed by atoms with E-state index in [1.165, 1.54) is 36.4 Å². The highest BCUT2D eigenvalue weighted by Crippen LogP contribution is 2.34. The van der Waals surface area contributed by atoms with E-state index in [0.29, 0.717) is 29.8 Å². The molecule has 0 bridgehead atoms. The molecule has 3 amide bonds. The average molecular weight is 483 g/mol. The number of nitrogens with zero attached hydrogens (tertiary/aromatic N) is 2. The van der Waals surface area contributed by atoms with Crippen LogP contribution in [0.25, 0.3) is 0 Å². The summed E-state index contributed by atoms with van der Waals surface area (Å²) in [6.45, 7) is -2.61. The van der Waals surface area contributed by atoms with Crippen LogP contribution in [-0.2, 0) is 16.1 Å². The maximum atomic E-state index is 12.8. The van der Waals surface area contributed by atoms with Gasteiger partial charge in [-0.1, -0.05) is 30.3 Å². The Morgan fingerprint density at radius 1 is 1.14 bits per heavy atom. The van der Waals surface area contributed by atoms with Crippen molar-refractivity contribution in [2.24, 2.45) is 0 Å². The van der Waals surface area contributed by atoms with Crippen molar-refractivity contribution in [1.82, 2.24) is 10.2 Å². The molecule has 0 saturated carbocycles. The van der Waals surface area contributed by atoms with E-state index in [2.05, 4.69) is 10.1 Å². The molecule has 3 aromatic rings. The summed E-state index contributed by atoms with van der Waals surface area (Å²) in [7, 11) is 1.45. The molecule has 1 atom stereocenters. The monoisotopic (exact) mass is 483 g/mol. The molecule has 1 unspecified atom stereocenters. The summed E-state index contributed by atoms with van der Waals surface area (Å²) in [5.41, 5.74) is 1.86. The topological polar surface area (TPSA) is 92.1 Å². The van der Waals surface area contributed by atoms with E-state index in [0.717, 1.165) is 0 Å². The smallest absolute Gasteiger partial charge is 0.387 e. The van der Waals surface area contributed by atoms with Crippen LogP contribution in [0.15, 0.2) is 71.3 Å². The van der Waals surface area contributed by atoms with Crippen LogP contribution in [0.3, 0.4) is 0 Å². The summed E-state index contributed by atoms with van der Waals surface area (Å²) >= 11 is 0. The van der Waals surface area contributed by atoms with E-state index in [4.69, 9.17) is 4.42 Å². The van der Waals surface area contributed by atoms with Crippen LogP contribution in [0.4, 0.5) is 14.5 Å². The number of halogens is 2. The molecule has 2 aromatic carbocycles. The maximum Gasteiger partial charge on any atom is 0.387 e. The highest BCUT2D eigenvalue weighted by molar-refractivity contribution is 6.35. The van der Waals surface area contributed by atoms with Gasteiger partial charge in [-0.2, -0.15) is 8.78 Å². The van der Waals surface area contributed by atoms with Crippen LogP contribution in [0.1, 0.15) is 34.1 Å². The number of fused-ring (bicyclic) bond motifs is 1. The lowest BCUT2D eigenvalue weighted by atomic mass is 9.96. The first-order valence-electron chi connectivity index (χ1n) is 10.9. The zero-order valence-electron chi connectivity index (χ0n) is 18.8. The predicted octanol–water partition coefficient (Wildman–Crippen LogP) is 3.75. The van der Waals surface area contributed by atoms with Crippen molar-refractivity contribution in [3.8, 4) is 5.75 Å². The number of ether oxygens (including phenoxy) is 1. The third-order valence-corrected chi connectivity index (χ3v) is 5.61. The van der Waals surface area contributed by atoms with Crippen molar-refractivity contribution in [2.45, 2.75) is 25.6 Å². The van der Waals surface area contributed by atoms with E-state index in [1.807, 2.05) is 0 Å². The van der Waals surface area contributed by atoms with Crippen LogP contribution < -0.4 is 15.0 Å². The van der Waals surface area contributed by atoms with Gasteiger partial charge in [-0.05, 0) is 47.9 Å². The Kier molecular flexibility index (Phi) is 7.09. The number of para-hydroxylation sites is 1. The van der Waals surface area contributed by atoms with Gasteiger partial charge < -0.3 is 24.3 Å². The molecule has 10 heteroatoms. The molecule has 2 heterocycles. The Morgan fingerprint density at radius 3 is 2.69 bits per heavy atom. The van der Waals surface area contributed by atoms with E-state index in [1.54, 1.807) is 47.4 Å². The van der Waals surface area contributed by atoms with Crippen molar-refractivity contribution in [3.63, 3.8) is 0 Å². The quantitative estimate of drug-likeness (QED) is 0.540. The first-order chi connectivity index (χ1) is 16.8. The number of carbonyl (C=O) groups excluding carboxylic acids is 3. The fourth-order valence-electron chi connectivity index (χ4n) is 4.02. The van der Waals surface area contributed by atoms with Crippen molar-refractivity contribution in [2.75, 3.05) is 18.5 Å². The molecule has 1 aliphatic heterocycles. The Bertz CT molecular complexity index is 1220. The Hall–Kier alpha value is -4.21. The summed E-state index contributed by atoms with van der Waals surface area (Å²) in [4.78, 5) is 41.1. The molecule has 4 rings (SSSR count). The number of carbonyl (C=O) groups is 3. The van der Waals surface area contributed by atoms with E-state index < -0.39 is 24.5 Å². The molecule has 35 heavy (non-hydrogen) atoms. The molecule has 0 fully saturated rings. The standard InChI is InChI=1S/C25H23F2N3O5/c1-29(15-16-6-4-7-17(14-16)35-25(26)27)24(33)22(31)28-19-11-12-30(20-9-3-2-8-18(19)20)23(32)21-10-5-13-34-21/h2-10,13-14,19,25H,11-12,15H2,1H3,(H,28,31). The van der Waals surface area contributed by atoms with Crippen molar-refractivity contribution in [1.29, 1.82) is 0 Å². The molecular weight excluding hydrogens is 460 g/mol. The molecule has 8 nitrogen and oxygen atoms in total. The van der Waals surface area contributed by atoms with E-state index in [-0.39, 0.29) is 24.0 Å². The number of hydrogen-bond donors (Lipinski definition) is 1. The lowest BCUT2D eigenvalue weighted by molar-refractivity contribution is -0.145. The van der Waals surface area contributed by atoms with Crippen LogP contribution in [-0.4, -0.2) is 42.8 Å². The number of anilines is 1. The molecule has 182 valence electrons. The number of rotatable bonds is 6. The fourth-order valence-corrected chi connectivity index (χ4v) is 4.02. The van der Waals surface area contributed by atoms with E-state index in [9.17, 15) is 23.2 Å². The van der Waals surface area contributed by atoms with Crippen molar-refractivity contribution in [3.05, 3.63) is 83.8 Å². The second-order valence-electron chi connectivity index (χ2n) is 7.99. The van der Waals surface area contributed by atoms with Gasteiger partial charge in [-0.25, -0.2) is 0 Å². The summed E-state index contributed by atoms with van der Waals surface area (Å²) in [5.74, 6) is -1.70. The van der Waals surface area contributed by atoms with Gasteiger partial charge in [0.25, 0.3) is 5.91 Å². The van der Waals surface area contributed by atoms with Gasteiger partial charge in [0, 0.05) is 25.8 Å². The van der Waals surface area contributed by atoms with Crippen LogP contribution >= 0.6 is 0 Å². The maximum absolute atomic E-state index is 12.8. The first-order valence-corrected chi connectivity index (χ1v) is 10.9. The molecule has 1 N–H and O–H groups in total. The summed E-state index contributed by atoms with van der Waals surface area (Å²) in [6.07, 6.45) is 1.83. The Labute approximate surface area is 200 Å².